The van der Waals surface area contributed by atoms with Gasteiger partial charge in [0.25, 0.3) is 0 Å². The minimum atomic E-state index is -3.57. The van der Waals surface area contributed by atoms with Crippen molar-refractivity contribution in [3.8, 4) is 17.2 Å². The van der Waals surface area contributed by atoms with E-state index in [-0.39, 0.29) is 10.8 Å². The summed E-state index contributed by atoms with van der Waals surface area (Å²) in [5.74, 6) is 1.01. The second-order valence-corrected chi connectivity index (χ2v) is 12.1. The van der Waals surface area contributed by atoms with Crippen LogP contribution < -0.4 is 24.8 Å². The molecule has 10 heteroatoms. The zero-order valence-corrected chi connectivity index (χ0v) is 23.4. The van der Waals surface area contributed by atoms with E-state index in [1.165, 1.54) is 21.3 Å². The quantitative estimate of drug-likeness (QED) is 0.494. The summed E-state index contributed by atoms with van der Waals surface area (Å²) in [5, 5.41) is 6.26. The molecule has 0 spiro atoms. The fourth-order valence-corrected chi connectivity index (χ4v) is 5.85. The summed E-state index contributed by atoms with van der Waals surface area (Å²) >= 11 is 0. The molecule has 0 aromatic heterocycles. The van der Waals surface area contributed by atoms with Gasteiger partial charge in [0.15, 0.2) is 11.5 Å². The first-order valence-electron chi connectivity index (χ1n) is 12.5. The van der Waals surface area contributed by atoms with Crippen molar-refractivity contribution in [2.24, 2.45) is 0 Å². The van der Waals surface area contributed by atoms with Crippen molar-refractivity contribution in [3.05, 3.63) is 42.0 Å². The first-order valence-corrected chi connectivity index (χ1v) is 13.9. The van der Waals surface area contributed by atoms with Crippen molar-refractivity contribution in [1.29, 1.82) is 0 Å². The van der Waals surface area contributed by atoms with E-state index in [2.05, 4.69) is 10.6 Å². The number of rotatable bonds is 9. The molecule has 0 radical (unpaired) electrons. The summed E-state index contributed by atoms with van der Waals surface area (Å²) in [4.78, 5) is 13.6. The van der Waals surface area contributed by atoms with Gasteiger partial charge < -0.3 is 24.8 Å². The van der Waals surface area contributed by atoms with Crippen LogP contribution in [0.1, 0.15) is 58.1 Å². The van der Waals surface area contributed by atoms with Gasteiger partial charge in [-0.15, -0.1) is 0 Å². The zero-order valence-electron chi connectivity index (χ0n) is 22.6. The number of anilines is 1. The molecule has 2 aromatic carbocycles. The molecule has 1 unspecified atom stereocenters. The monoisotopic (exact) mass is 533 g/mol. The van der Waals surface area contributed by atoms with Crippen LogP contribution >= 0.6 is 0 Å². The van der Waals surface area contributed by atoms with Gasteiger partial charge in [0.2, 0.25) is 21.7 Å². The number of sulfonamides is 1. The molecule has 1 fully saturated rings. The maximum atomic E-state index is 13.4. The second kappa shape index (κ2) is 12.0. The topological polar surface area (TPSA) is 106 Å². The van der Waals surface area contributed by atoms with Gasteiger partial charge in [-0.2, -0.15) is 4.31 Å². The summed E-state index contributed by atoms with van der Waals surface area (Å²) in [7, 11) is 0.980. The summed E-state index contributed by atoms with van der Waals surface area (Å²) < 4.78 is 44.3. The number of hydrogen-bond donors (Lipinski definition) is 2. The Balaban J connectivity index is 1.94. The van der Waals surface area contributed by atoms with E-state index in [0.717, 1.165) is 25.7 Å². The summed E-state index contributed by atoms with van der Waals surface area (Å²) in [6.45, 7) is 6.79. The van der Waals surface area contributed by atoms with Gasteiger partial charge in [0.05, 0.1) is 26.2 Å². The van der Waals surface area contributed by atoms with E-state index in [1.54, 1.807) is 40.7 Å². The highest BCUT2D eigenvalue weighted by Crippen LogP contribution is 2.40. The van der Waals surface area contributed by atoms with Crippen LogP contribution in [0.5, 0.6) is 17.2 Å². The van der Waals surface area contributed by atoms with Crippen LogP contribution in [0.15, 0.2) is 41.3 Å². The van der Waals surface area contributed by atoms with E-state index >= 15 is 0 Å². The van der Waals surface area contributed by atoms with Crippen LogP contribution in [0.2, 0.25) is 0 Å². The summed E-state index contributed by atoms with van der Waals surface area (Å²) in [6, 6.07) is 9.15. The zero-order chi connectivity index (χ0) is 27.2. The smallest absolute Gasteiger partial charge is 0.247 e. The van der Waals surface area contributed by atoms with E-state index in [1.807, 2.05) is 20.8 Å². The van der Waals surface area contributed by atoms with Gasteiger partial charge in [-0.1, -0.05) is 12.8 Å². The van der Waals surface area contributed by atoms with Crippen LogP contribution in [0, 0.1) is 0 Å². The molecule has 0 bridgehead atoms. The SMILES string of the molecule is COc1cc(C(Nc2ccc(S(=O)(=O)N3CCCCCC3)cc2)C(=O)NC(C)(C)C)cc(OC)c1OC. The first-order chi connectivity index (χ1) is 17.5. The number of nitrogens with zero attached hydrogens (tertiary/aromatic N) is 1. The van der Waals surface area contributed by atoms with Crippen molar-refractivity contribution in [2.75, 3.05) is 39.7 Å². The molecule has 1 aliphatic heterocycles. The van der Waals surface area contributed by atoms with Crippen molar-refractivity contribution in [1.82, 2.24) is 9.62 Å². The molecule has 37 heavy (non-hydrogen) atoms. The van der Waals surface area contributed by atoms with E-state index in [0.29, 0.717) is 41.6 Å². The highest BCUT2D eigenvalue weighted by atomic mass is 32.2. The fraction of sp³-hybridized carbons (Fsp3) is 0.519. The van der Waals surface area contributed by atoms with Crippen LogP contribution in [-0.2, 0) is 14.8 Å². The average molecular weight is 534 g/mol. The minimum absolute atomic E-state index is 0.239. The molecule has 1 atom stereocenters. The van der Waals surface area contributed by atoms with E-state index < -0.39 is 21.6 Å². The largest absolute Gasteiger partial charge is 0.493 e. The number of carbonyl (C=O) groups excluding carboxylic acids is 1. The Labute approximate surface area is 220 Å². The Morgan fingerprint density at radius 3 is 1.89 bits per heavy atom. The Morgan fingerprint density at radius 2 is 1.43 bits per heavy atom. The number of carbonyl (C=O) groups is 1. The number of methoxy groups -OCH3 is 3. The van der Waals surface area contributed by atoms with Crippen LogP contribution in [0.3, 0.4) is 0 Å². The number of amides is 1. The third-order valence-corrected chi connectivity index (χ3v) is 8.06. The molecule has 0 aliphatic carbocycles. The Hall–Kier alpha value is -2.98. The molecule has 9 nitrogen and oxygen atoms in total. The van der Waals surface area contributed by atoms with Crippen molar-refractivity contribution in [3.63, 3.8) is 0 Å². The van der Waals surface area contributed by atoms with Gasteiger partial charge in [-0.05, 0) is 75.6 Å². The molecule has 1 aliphatic rings. The van der Waals surface area contributed by atoms with Crippen molar-refractivity contribution >= 4 is 21.6 Å². The number of nitrogens with one attached hydrogen (secondary N) is 2. The van der Waals surface area contributed by atoms with Crippen LogP contribution in [0.25, 0.3) is 0 Å². The number of ether oxygens (including phenoxy) is 3. The number of benzene rings is 2. The molecule has 1 heterocycles. The number of hydrogen-bond acceptors (Lipinski definition) is 7. The van der Waals surface area contributed by atoms with E-state index in [9.17, 15) is 13.2 Å². The summed E-state index contributed by atoms with van der Waals surface area (Å²) in [6.07, 6.45) is 3.85. The average Bonchev–Trinajstić information content (AvgIpc) is 3.16. The Bertz CT molecular complexity index is 1140. The van der Waals surface area contributed by atoms with Gasteiger partial charge >= 0.3 is 0 Å². The molecule has 204 valence electrons. The second-order valence-electron chi connectivity index (χ2n) is 10.1. The van der Waals surface area contributed by atoms with Gasteiger partial charge in [-0.3, -0.25) is 4.79 Å². The lowest BCUT2D eigenvalue weighted by Crippen LogP contribution is -2.44. The molecule has 3 rings (SSSR count). The first kappa shape index (κ1) is 28.6. The predicted octanol–water partition coefficient (Wildman–Crippen LogP) is 4.35. The standard InChI is InChI=1S/C27H39N3O6S/c1-27(2,3)29-26(31)24(19-17-22(34-4)25(36-6)23(18-19)35-5)28-20-11-13-21(14-12-20)37(32,33)30-15-9-7-8-10-16-30/h11-14,17-18,24,28H,7-10,15-16H2,1-6H3,(H,29,31). The van der Waals surface area contributed by atoms with Gasteiger partial charge in [0.1, 0.15) is 6.04 Å². The lowest BCUT2D eigenvalue weighted by Gasteiger charge is -2.27. The van der Waals surface area contributed by atoms with Crippen molar-refractivity contribution in [2.45, 2.75) is 62.9 Å². The lowest BCUT2D eigenvalue weighted by molar-refractivity contribution is -0.123. The Morgan fingerprint density at radius 1 is 0.892 bits per heavy atom. The molecular formula is C27H39N3O6S. The Kier molecular flexibility index (Phi) is 9.31. The maximum absolute atomic E-state index is 13.4. The molecule has 0 saturated carbocycles. The lowest BCUT2D eigenvalue weighted by atomic mass is 10.0. The highest BCUT2D eigenvalue weighted by Gasteiger charge is 2.28. The predicted molar refractivity (Wildman–Crippen MR) is 144 cm³/mol. The third kappa shape index (κ3) is 7.07. The minimum Gasteiger partial charge on any atom is -0.493 e. The molecule has 2 aromatic rings. The fourth-order valence-electron chi connectivity index (χ4n) is 4.33. The molecule has 1 saturated heterocycles. The van der Waals surface area contributed by atoms with E-state index in [4.69, 9.17) is 14.2 Å². The van der Waals surface area contributed by atoms with Gasteiger partial charge in [0, 0.05) is 24.3 Å². The normalized spacial score (nSPS) is 15.8. The third-order valence-electron chi connectivity index (χ3n) is 6.15. The summed E-state index contributed by atoms with van der Waals surface area (Å²) in [5.41, 5.74) is 0.720. The molecular weight excluding hydrogens is 494 g/mol. The highest BCUT2D eigenvalue weighted by molar-refractivity contribution is 7.89. The molecule has 2 N–H and O–H groups in total. The van der Waals surface area contributed by atoms with Crippen LogP contribution in [-0.4, -0.2) is 58.6 Å². The molecule has 1 amide bonds. The maximum Gasteiger partial charge on any atom is 0.247 e. The van der Waals surface area contributed by atoms with Crippen molar-refractivity contribution < 1.29 is 27.4 Å². The van der Waals surface area contributed by atoms with Gasteiger partial charge in [-0.25, -0.2) is 8.42 Å². The van der Waals surface area contributed by atoms with Crippen LogP contribution in [0.4, 0.5) is 5.69 Å².